The van der Waals surface area contributed by atoms with E-state index in [-0.39, 0.29) is 23.7 Å². The minimum Gasteiger partial charge on any atom is -0.493 e. The number of benzene rings is 1. The molecule has 49 heavy (non-hydrogen) atoms. The topological polar surface area (TPSA) is 107 Å². The summed E-state index contributed by atoms with van der Waals surface area (Å²) in [4.78, 5) is 23.2. The number of allylic oxidation sites excluding steroid dienone is 7. The van der Waals surface area contributed by atoms with Gasteiger partial charge in [0.25, 0.3) is 6.41 Å². The number of aliphatic imine (C=N–C) groups is 1. The zero-order valence-electron chi connectivity index (χ0n) is 30.3. The summed E-state index contributed by atoms with van der Waals surface area (Å²) in [6.07, 6.45) is 18.3. The standard InChI is InChI=1S/C40H58N4O5/c1-8-12-13-16-29(5)34(26-32-17-14-15-18-35(32)44-40(46-7)47-11-4)39(42-10-3)37(45)22-19-31(28-41-24-9-2)23-25-48-33-20-21-36-38(27-33)49-30(6)43-36/h8,10-13,16,20-21,27,31-32,35,40-41,44H,4-5,9,14-15,17-19,22-26,28H2,1-3,6-7H3/b12-8-,16-13-,39-34+,42-10?/t31-,32-,35+,40?/m1/s1. The Morgan fingerprint density at radius 3 is 2.76 bits per heavy atom. The summed E-state index contributed by atoms with van der Waals surface area (Å²) in [5, 5.41) is 7.06. The van der Waals surface area contributed by atoms with E-state index in [9.17, 15) is 4.79 Å². The van der Waals surface area contributed by atoms with Gasteiger partial charge in [-0.15, -0.1) is 0 Å². The first-order chi connectivity index (χ1) is 23.8. The van der Waals surface area contributed by atoms with E-state index in [4.69, 9.17) is 23.6 Å². The first-order valence-corrected chi connectivity index (χ1v) is 17.8. The highest BCUT2D eigenvalue weighted by molar-refractivity contribution is 5.97. The quantitative estimate of drug-likeness (QED) is 0.0302. The number of oxazole rings is 1. The van der Waals surface area contributed by atoms with E-state index in [1.54, 1.807) is 13.3 Å². The molecule has 0 saturated heterocycles. The molecule has 3 rings (SSSR count). The van der Waals surface area contributed by atoms with Crippen LogP contribution in [0.15, 0.2) is 88.2 Å². The Kier molecular flexibility index (Phi) is 17.8. The molecule has 1 aliphatic carbocycles. The molecule has 0 amide bonds. The van der Waals surface area contributed by atoms with Crippen LogP contribution < -0.4 is 15.4 Å². The fraction of sp³-hybridized carbons (Fsp3) is 0.525. The van der Waals surface area contributed by atoms with Crippen molar-refractivity contribution in [1.29, 1.82) is 0 Å². The van der Waals surface area contributed by atoms with Gasteiger partial charge in [-0.1, -0.05) is 57.2 Å². The third-order valence-corrected chi connectivity index (χ3v) is 8.86. The molecule has 2 aromatic rings. The fourth-order valence-electron chi connectivity index (χ4n) is 6.31. The van der Waals surface area contributed by atoms with Gasteiger partial charge in [-0.3, -0.25) is 15.1 Å². The number of fused-ring (bicyclic) bond motifs is 1. The molecule has 9 nitrogen and oxygen atoms in total. The second kappa shape index (κ2) is 22.0. The van der Waals surface area contributed by atoms with Gasteiger partial charge in [-0.25, -0.2) is 4.98 Å². The summed E-state index contributed by atoms with van der Waals surface area (Å²) in [7, 11) is 1.61. The first kappa shape index (κ1) is 39.6. The molecule has 1 aromatic carbocycles. The molecule has 1 aliphatic rings. The molecule has 0 spiro atoms. The highest BCUT2D eigenvalue weighted by Gasteiger charge is 2.30. The van der Waals surface area contributed by atoms with Crippen molar-refractivity contribution >= 4 is 23.1 Å². The molecule has 1 fully saturated rings. The summed E-state index contributed by atoms with van der Waals surface area (Å²) in [6.45, 7) is 18.2. The number of ether oxygens (including phenoxy) is 3. The largest absolute Gasteiger partial charge is 0.493 e. The monoisotopic (exact) mass is 674 g/mol. The van der Waals surface area contributed by atoms with E-state index in [0.717, 1.165) is 86.0 Å². The van der Waals surface area contributed by atoms with Crippen molar-refractivity contribution in [1.82, 2.24) is 15.6 Å². The van der Waals surface area contributed by atoms with Gasteiger partial charge in [0.05, 0.1) is 12.9 Å². The molecule has 0 bridgehead atoms. The van der Waals surface area contributed by atoms with Crippen LogP contribution in [0.3, 0.4) is 0 Å². The average Bonchev–Trinajstić information content (AvgIpc) is 3.48. The predicted octanol–water partition coefficient (Wildman–Crippen LogP) is 8.53. The van der Waals surface area contributed by atoms with Gasteiger partial charge in [0, 0.05) is 38.8 Å². The van der Waals surface area contributed by atoms with E-state index < -0.39 is 6.41 Å². The van der Waals surface area contributed by atoms with Gasteiger partial charge in [0.15, 0.2) is 17.3 Å². The SMILES string of the molecule is C=COC(N[C@H]1CCCC[C@@H]1C/C(C(=C)/C=C\C=C/C)=C(\N=CC)C(=O)CC[C@H](CCOc1ccc2nc(C)oc2c1)CNCCC)OC. The lowest BCUT2D eigenvalue weighted by Gasteiger charge is -2.35. The minimum atomic E-state index is -0.584. The van der Waals surface area contributed by atoms with E-state index in [2.05, 4.69) is 35.7 Å². The average molecular weight is 675 g/mol. The maximum atomic E-state index is 14.1. The highest BCUT2D eigenvalue weighted by Crippen LogP contribution is 2.34. The minimum absolute atomic E-state index is 0.0336. The molecule has 1 saturated carbocycles. The third kappa shape index (κ3) is 13.2. The Bertz CT molecular complexity index is 1460. The lowest BCUT2D eigenvalue weighted by Crippen LogP contribution is -2.46. The number of hydrogen-bond donors (Lipinski definition) is 2. The maximum absolute atomic E-state index is 14.1. The van der Waals surface area contributed by atoms with Crippen LogP contribution in [-0.2, 0) is 14.3 Å². The summed E-state index contributed by atoms with van der Waals surface area (Å²) in [5.74, 6) is 1.92. The van der Waals surface area contributed by atoms with Crippen LogP contribution in [-0.4, -0.2) is 56.2 Å². The Morgan fingerprint density at radius 1 is 1.20 bits per heavy atom. The zero-order valence-corrected chi connectivity index (χ0v) is 30.3. The molecule has 0 aliphatic heterocycles. The molecule has 1 heterocycles. The number of nitrogens with zero attached hydrogens (tertiary/aromatic N) is 2. The second-order valence-corrected chi connectivity index (χ2v) is 12.5. The molecular formula is C40H58N4O5. The van der Waals surface area contributed by atoms with Gasteiger partial charge in [0.2, 0.25) is 0 Å². The molecule has 268 valence electrons. The zero-order chi connectivity index (χ0) is 35.4. The number of carbonyl (C=O) groups excluding carboxylic acids is 1. The van der Waals surface area contributed by atoms with Crippen LogP contribution in [0.4, 0.5) is 0 Å². The Hall–Kier alpha value is -3.79. The van der Waals surface area contributed by atoms with E-state index >= 15 is 0 Å². The number of nitrogens with one attached hydrogen (secondary N) is 2. The summed E-state index contributed by atoms with van der Waals surface area (Å²) in [6, 6.07) is 5.87. The summed E-state index contributed by atoms with van der Waals surface area (Å²) in [5.41, 5.74) is 3.73. The van der Waals surface area contributed by atoms with E-state index in [1.807, 2.05) is 63.3 Å². The van der Waals surface area contributed by atoms with E-state index in [0.29, 0.717) is 31.0 Å². The van der Waals surface area contributed by atoms with Gasteiger partial charge < -0.3 is 23.9 Å². The van der Waals surface area contributed by atoms with Gasteiger partial charge in [-0.05, 0) is 101 Å². The molecule has 2 N–H and O–H groups in total. The van der Waals surface area contributed by atoms with Gasteiger partial charge in [-0.2, -0.15) is 0 Å². The number of rotatable bonds is 23. The Balaban J connectivity index is 1.79. The van der Waals surface area contributed by atoms with Crippen LogP contribution in [0.2, 0.25) is 0 Å². The normalized spacial score (nSPS) is 18.6. The van der Waals surface area contributed by atoms with Crippen LogP contribution in [0.5, 0.6) is 5.75 Å². The van der Waals surface area contributed by atoms with Crippen LogP contribution >= 0.6 is 0 Å². The first-order valence-electron chi connectivity index (χ1n) is 17.8. The van der Waals surface area contributed by atoms with Crippen molar-refractivity contribution in [2.24, 2.45) is 16.8 Å². The van der Waals surface area contributed by atoms with Crippen LogP contribution in [0, 0.1) is 18.8 Å². The van der Waals surface area contributed by atoms with Gasteiger partial charge >= 0.3 is 0 Å². The van der Waals surface area contributed by atoms with Crippen molar-refractivity contribution < 1.29 is 23.4 Å². The highest BCUT2D eigenvalue weighted by atomic mass is 16.7. The molecular weight excluding hydrogens is 616 g/mol. The number of Topliss-reactive ketones (excluding diaryl/α,β-unsaturated/α-hetero) is 1. The van der Waals surface area contributed by atoms with Gasteiger partial charge in [0.1, 0.15) is 17.0 Å². The molecule has 0 radical (unpaired) electrons. The van der Waals surface area contributed by atoms with Crippen molar-refractivity contribution in [3.63, 3.8) is 0 Å². The fourth-order valence-corrected chi connectivity index (χ4v) is 6.31. The lowest BCUT2D eigenvalue weighted by molar-refractivity contribution is -0.117. The predicted molar refractivity (Wildman–Crippen MR) is 200 cm³/mol. The van der Waals surface area contributed by atoms with Crippen molar-refractivity contribution in [2.45, 2.75) is 97.9 Å². The van der Waals surface area contributed by atoms with Crippen LogP contribution in [0.1, 0.15) is 84.4 Å². The van der Waals surface area contributed by atoms with E-state index in [1.165, 1.54) is 6.26 Å². The Labute approximate surface area is 293 Å². The molecule has 9 heteroatoms. The second-order valence-electron chi connectivity index (χ2n) is 12.5. The molecule has 1 aromatic heterocycles. The number of hydrogen-bond acceptors (Lipinski definition) is 9. The number of ketones is 1. The summed E-state index contributed by atoms with van der Waals surface area (Å²) >= 11 is 0. The van der Waals surface area contributed by atoms with Crippen LogP contribution in [0.25, 0.3) is 11.1 Å². The third-order valence-electron chi connectivity index (χ3n) is 8.86. The molecule has 4 atom stereocenters. The number of aryl methyl sites for hydroxylation is 1. The van der Waals surface area contributed by atoms with Crippen molar-refractivity contribution in [3.05, 3.63) is 84.7 Å². The summed E-state index contributed by atoms with van der Waals surface area (Å²) < 4.78 is 22.8. The smallest absolute Gasteiger partial charge is 0.258 e. The number of methoxy groups -OCH3 is 1. The van der Waals surface area contributed by atoms with Crippen molar-refractivity contribution in [2.75, 3.05) is 26.8 Å². The molecule has 1 unspecified atom stereocenters. The Morgan fingerprint density at radius 2 is 2.02 bits per heavy atom. The lowest BCUT2D eigenvalue weighted by atomic mass is 9.78. The maximum Gasteiger partial charge on any atom is 0.258 e. The number of carbonyl (C=O) groups is 1. The number of aromatic nitrogens is 1. The van der Waals surface area contributed by atoms with Crippen molar-refractivity contribution in [3.8, 4) is 5.75 Å².